The van der Waals surface area contributed by atoms with E-state index in [-0.39, 0.29) is 17.3 Å². The Morgan fingerprint density at radius 2 is 1.76 bits per heavy atom. The summed E-state index contributed by atoms with van der Waals surface area (Å²) in [6.45, 7) is 2.15. The van der Waals surface area contributed by atoms with E-state index in [4.69, 9.17) is 0 Å². The molecule has 4 saturated carbocycles. The van der Waals surface area contributed by atoms with Gasteiger partial charge in [0.15, 0.2) is 5.78 Å². The first-order chi connectivity index (χ1) is 10.0. The largest absolute Gasteiger partial charge is 0.393 e. The van der Waals surface area contributed by atoms with Crippen LogP contribution in [0.15, 0.2) is 0 Å². The summed E-state index contributed by atoms with van der Waals surface area (Å²) in [7, 11) is 0. The Morgan fingerprint density at radius 3 is 2.57 bits per heavy atom. The van der Waals surface area contributed by atoms with Crippen molar-refractivity contribution >= 4 is 5.78 Å². The van der Waals surface area contributed by atoms with Crippen LogP contribution in [-0.4, -0.2) is 28.2 Å². The second kappa shape index (κ2) is 4.79. The van der Waals surface area contributed by atoms with Gasteiger partial charge in [-0.3, -0.25) is 4.79 Å². The molecule has 3 nitrogen and oxygen atoms in total. The van der Waals surface area contributed by atoms with Gasteiger partial charge in [-0.2, -0.15) is 0 Å². The standard InChI is InChI=1S/C18H28O3/c1-18-7-6-13-12-5-3-11(19)8-10(12)2-4-14(13)15(18)9-16(20)17(18)21/h10-15,17,19,21H,2-9H2,1H3/t10-,11-,12+,13-,14-,15+,17+,18+/m0/s1. The highest BCUT2D eigenvalue weighted by atomic mass is 16.3. The molecule has 0 aromatic rings. The van der Waals surface area contributed by atoms with E-state index in [2.05, 4.69) is 6.92 Å². The number of carbonyl (C=O) groups excluding carboxylic acids is 1. The number of Topliss-reactive ketones (excluding diaryl/α,β-unsaturated/α-hetero) is 1. The summed E-state index contributed by atoms with van der Waals surface area (Å²) in [6, 6.07) is 0. The summed E-state index contributed by atoms with van der Waals surface area (Å²) in [4.78, 5) is 12.1. The summed E-state index contributed by atoms with van der Waals surface area (Å²) in [5, 5.41) is 20.3. The summed E-state index contributed by atoms with van der Waals surface area (Å²) < 4.78 is 0. The van der Waals surface area contributed by atoms with Crippen LogP contribution in [0.3, 0.4) is 0 Å². The number of aliphatic hydroxyl groups is 2. The Morgan fingerprint density at radius 1 is 1.00 bits per heavy atom. The van der Waals surface area contributed by atoms with Crippen LogP contribution in [0.1, 0.15) is 58.3 Å². The van der Waals surface area contributed by atoms with Crippen molar-refractivity contribution in [3.8, 4) is 0 Å². The molecule has 0 bridgehead atoms. The quantitative estimate of drug-likeness (QED) is 0.721. The molecule has 0 spiro atoms. The number of carbonyl (C=O) groups is 1. The molecule has 8 atom stereocenters. The maximum absolute atomic E-state index is 12.1. The zero-order chi connectivity index (χ0) is 14.8. The Bertz CT molecular complexity index is 448. The SMILES string of the molecule is C[C@@]12CC[C@H]3[C@@H]4CC[C@H](O)C[C@@H]4CC[C@@H]3[C@H]1CC(=O)[C@H]2O. The molecule has 4 fully saturated rings. The van der Waals surface area contributed by atoms with Crippen molar-refractivity contribution in [2.75, 3.05) is 0 Å². The van der Waals surface area contributed by atoms with Crippen LogP contribution >= 0.6 is 0 Å². The van der Waals surface area contributed by atoms with Crippen molar-refractivity contribution in [1.82, 2.24) is 0 Å². The third-order valence-corrected chi connectivity index (χ3v) is 7.72. The zero-order valence-electron chi connectivity index (χ0n) is 13.0. The second-order valence-corrected chi connectivity index (χ2v) is 8.52. The van der Waals surface area contributed by atoms with E-state index in [0.717, 1.165) is 31.1 Å². The molecule has 4 aliphatic rings. The molecule has 21 heavy (non-hydrogen) atoms. The molecule has 0 amide bonds. The van der Waals surface area contributed by atoms with Crippen molar-refractivity contribution in [3.63, 3.8) is 0 Å². The lowest BCUT2D eigenvalue weighted by Crippen LogP contribution is -2.50. The minimum atomic E-state index is -0.714. The van der Waals surface area contributed by atoms with Gasteiger partial charge in [0.25, 0.3) is 0 Å². The average Bonchev–Trinajstić information content (AvgIpc) is 2.70. The van der Waals surface area contributed by atoms with Crippen LogP contribution in [0.2, 0.25) is 0 Å². The minimum absolute atomic E-state index is 0.0773. The van der Waals surface area contributed by atoms with Crippen molar-refractivity contribution < 1.29 is 15.0 Å². The highest BCUT2D eigenvalue weighted by molar-refractivity contribution is 5.86. The average molecular weight is 292 g/mol. The molecule has 0 saturated heterocycles. The highest BCUT2D eigenvalue weighted by Gasteiger charge is 2.59. The van der Waals surface area contributed by atoms with Crippen molar-refractivity contribution in [3.05, 3.63) is 0 Å². The highest BCUT2D eigenvalue weighted by Crippen LogP contribution is 2.61. The van der Waals surface area contributed by atoms with Crippen molar-refractivity contribution in [2.24, 2.45) is 35.0 Å². The Labute approximate surface area is 127 Å². The Balaban J connectivity index is 1.59. The van der Waals surface area contributed by atoms with Gasteiger partial charge in [-0.15, -0.1) is 0 Å². The molecule has 4 rings (SSSR count). The van der Waals surface area contributed by atoms with Crippen LogP contribution in [0.5, 0.6) is 0 Å². The van der Waals surface area contributed by atoms with Gasteiger partial charge in [0.05, 0.1) is 6.10 Å². The molecular formula is C18H28O3. The van der Waals surface area contributed by atoms with Crippen LogP contribution in [0.25, 0.3) is 0 Å². The number of aliphatic hydroxyl groups excluding tert-OH is 2. The van der Waals surface area contributed by atoms with Crippen LogP contribution in [-0.2, 0) is 4.79 Å². The van der Waals surface area contributed by atoms with Crippen LogP contribution < -0.4 is 0 Å². The van der Waals surface area contributed by atoms with Gasteiger partial charge in [-0.05, 0) is 74.5 Å². The Kier molecular flexibility index (Phi) is 3.24. The molecule has 2 N–H and O–H groups in total. The molecule has 0 unspecified atom stereocenters. The van der Waals surface area contributed by atoms with Gasteiger partial charge in [0, 0.05) is 11.8 Å². The van der Waals surface area contributed by atoms with Gasteiger partial charge in [-0.1, -0.05) is 6.92 Å². The van der Waals surface area contributed by atoms with E-state index in [0.29, 0.717) is 24.2 Å². The summed E-state index contributed by atoms with van der Waals surface area (Å²) in [5.41, 5.74) is -0.154. The number of rotatable bonds is 0. The van der Waals surface area contributed by atoms with Gasteiger partial charge in [-0.25, -0.2) is 0 Å². The zero-order valence-corrected chi connectivity index (χ0v) is 13.0. The van der Waals surface area contributed by atoms with Gasteiger partial charge >= 0.3 is 0 Å². The molecule has 0 heterocycles. The van der Waals surface area contributed by atoms with E-state index in [1.54, 1.807) is 0 Å². The van der Waals surface area contributed by atoms with Gasteiger partial charge in [0.2, 0.25) is 0 Å². The first-order valence-corrected chi connectivity index (χ1v) is 8.89. The predicted molar refractivity (Wildman–Crippen MR) is 79.5 cm³/mol. The van der Waals surface area contributed by atoms with Gasteiger partial charge < -0.3 is 10.2 Å². The van der Waals surface area contributed by atoms with Crippen LogP contribution in [0, 0.1) is 35.0 Å². The molecule has 0 radical (unpaired) electrons. The normalized spacial score (nSPS) is 56.5. The van der Waals surface area contributed by atoms with Crippen LogP contribution in [0.4, 0.5) is 0 Å². The van der Waals surface area contributed by atoms with Crippen molar-refractivity contribution in [1.29, 1.82) is 0 Å². The number of fused-ring (bicyclic) bond motifs is 5. The maximum Gasteiger partial charge on any atom is 0.162 e. The molecule has 0 aliphatic heterocycles. The molecular weight excluding hydrogens is 264 g/mol. The minimum Gasteiger partial charge on any atom is -0.393 e. The van der Waals surface area contributed by atoms with E-state index in [1.165, 1.54) is 25.7 Å². The molecule has 3 heteroatoms. The fraction of sp³-hybridized carbons (Fsp3) is 0.944. The summed E-state index contributed by atoms with van der Waals surface area (Å²) >= 11 is 0. The fourth-order valence-electron chi connectivity index (χ4n) is 6.60. The topological polar surface area (TPSA) is 57.5 Å². The van der Waals surface area contributed by atoms with E-state index >= 15 is 0 Å². The van der Waals surface area contributed by atoms with Crippen molar-refractivity contribution in [2.45, 2.75) is 70.5 Å². The third-order valence-electron chi connectivity index (χ3n) is 7.72. The molecule has 0 aromatic heterocycles. The first kappa shape index (κ1) is 14.2. The molecule has 118 valence electrons. The lowest BCUT2D eigenvalue weighted by molar-refractivity contribution is -0.129. The summed E-state index contributed by atoms with van der Waals surface area (Å²) in [6.07, 6.45) is 7.58. The summed E-state index contributed by atoms with van der Waals surface area (Å²) in [5.74, 6) is 3.36. The maximum atomic E-state index is 12.1. The second-order valence-electron chi connectivity index (χ2n) is 8.52. The lowest BCUT2D eigenvalue weighted by Gasteiger charge is -2.55. The number of ketones is 1. The molecule has 4 aliphatic carbocycles. The van der Waals surface area contributed by atoms with E-state index < -0.39 is 6.10 Å². The van der Waals surface area contributed by atoms with E-state index in [1.807, 2.05) is 0 Å². The fourth-order valence-corrected chi connectivity index (χ4v) is 6.60. The smallest absolute Gasteiger partial charge is 0.162 e. The molecule has 0 aromatic carbocycles. The van der Waals surface area contributed by atoms with Gasteiger partial charge in [0.1, 0.15) is 6.10 Å². The lowest BCUT2D eigenvalue weighted by atomic mass is 9.50. The number of hydrogen-bond donors (Lipinski definition) is 2. The van der Waals surface area contributed by atoms with E-state index in [9.17, 15) is 15.0 Å². The third kappa shape index (κ3) is 1.96. The predicted octanol–water partition coefficient (Wildman–Crippen LogP) is 2.54. The number of hydrogen-bond acceptors (Lipinski definition) is 3. The first-order valence-electron chi connectivity index (χ1n) is 8.89. The Hall–Kier alpha value is -0.410. The monoisotopic (exact) mass is 292 g/mol.